The van der Waals surface area contributed by atoms with Crippen LogP contribution in [0.1, 0.15) is 25.3 Å². The summed E-state index contributed by atoms with van der Waals surface area (Å²) in [7, 11) is 3.56. The molecule has 2 aromatic rings. The van der Waals surface area contributed by atoms with E-state index in [9.17, 15) is 19.8 Å². The Kier molecular flexibility index (Phi) is 9.25. The molecule has 0 saturated carbocycles. The van der Waals surface area contributed by atoms with Crippen molar-refractivity contribution in [1.29, 1.82) is 0 Å². The lowest BCUT2D eigenvalue weighted by molar-refractivity contribution is -0.0549. The Morgan fingerprint density at radius 2 is 1.75 bits per heavy atom. The molecule has 15 heteroatoms. The Morgan fingerprint density at radius 1 is 1.06 bits per heavy atom. The summed E-state index contributed by atoms with van der Waals surface area (Å²) in [5, 5.41) is 37.5. The molecule has 4 rings (SSSR count). The largest absolute Gasteiger partial charge is 0.394 e. The van der Waals surface area contributed by atoms with Gasteiger partial charge in [0.2, 0.25) is 0 Å². The van der Waals surface area contributed by atoms with E-state index in [1.54, 1.807) is 31.3 Å². The van der Waals surface area contributed by atoms with Crippen molar-refractivity contribution in [2.45, 2.75) is 49.7 Å². The summed E-state index contributed by atoms with van der Waals surface area (Å²) in [6, 6.07) is 3.03. The van der Waals surface area contributed by atoms with E-state index >= 15 is 0 Å². The summed E-state index contributed by atoms with van der Waals surface area (Å²) in [4.78, 5) is 36.4. The lowest BCUT2D eigenvalue weighted by atomic mass is 10.1. The van der Waals surface area contributed by atoms with Crippen molar-refractivity contribution >= 4 is 18.0 Å². The zero-order valence-electron chi connectivity index (χ0n) is 19.9. The Morgan fingerprint density at radius 3 is 2.31 bits per heavy atom. The summed E-state index contributed by atoms with van der Waals surface area (Å²) in [6.07, 6.45) is 0.756. The van der Waals surface area contributed by atoms with E-state index in [-0.39, 0.29) is 30.6 Å². The van der Waals surface area contributed by atoms with Gasteiger partial charge in [-0.2, -0.15) is 9.97 Å². The fourth-order valence-electron chi connectivity index (χ4n) is 3.62. The maximum absolute atomic E-state index is 11.9. The molecule has 0 aliphatic carbocycles. The molecule has 0 bridgehead atoms. The monoisotopic (exact) mass is 509 g/mol. The Balaban J connectivity index is 0.000000212. The van der Waals surface area contributed by atoms with E-state index < -0.39 is 42.5 Å². The molecule has 2 saturated heterocycles. The van der Waals surface area contributed by atoms with Crippen LogP contribution in [0.15, 0.2) is 39.1 Å². The second-order valence-electron chi connectivity index (χ2n) is 8.43. The van der Waals surface area contributed by atoms with Crippen molar-refractivity contribution in [2.24, 2.45) is 4.99 Å². The minimum absolute atomic E-state index is 0.0202. The number of anilines is 1. The molecule has 198 valence electrons. The third kappa shape index (κ3) is 6.51. The summed E-state index contributed by atoms with van der Waals surface area (Å²) >= 11 is 0. The maximum atomic E-state index is 11.9. The minimum atomic E-state index is -1.32. The third-order valence-corrected chi connectivity index (χ3v) is 5.48. The summed E-state index contributed by atoms with van der Waals surface area (Å²) < 4.78 is 13.2. The van der Waals surface area contributed by atoms with Crippen molar-refractivity contribution in [3.8, 4) is 0 Å². The van der Waals surface area contributed by atoms with Crippen LogP contribution in [-0.2, 0) is 9.47 Å². The van der Waals surface area contributed by atoms with Gasteiger partial charge in [0.05, 0.1) is 25.7 Å². The first kappa shape index (κ1) is 27.4. The number of aliphatic hydroxyl groups excluding tert-OH is 4. The molecule has 0 amide bonds. The zero-order valence-corrected chi connectivity index (χ0v) is 19.9. The Hall–Kier alpha value is -3.21. The number of hydrogen-bond donors (Lipinski definition) is 5. The standard InChI is InChI=1S/C12H18N4O5.C9H13N3O3/c1-15(2)6-13-8-3-4-16(12(20)14-8)11-10(19)9(18)7(5-17)21-11;10-7-3-4-12(9(14)11-7)8-2-1-6(5-13)15-8/h3-4,6-7,9-11,17-19H,5H2,1-2H3;3-4,6,8,13H,1-2,5H2,(H2,10,11,14)/t7-,9-,10-,11-;6-,8+/m10/s1. The molecule has 2 fully saturated rings. The molecule has 36 heavy (non-hydrogen) atoms. The molecule has 0 radical (unpaired) electrons. The molecule has 0 aromatic carbocycles. The molecule has 4 heterocycles. The van der Waals surface area contributed by atoms with Gasteiger partial charge in [0, 0.05) is 26.5 Å². The van der Waals surface area contributed by atoms with Gasteiger partial charge in [0.25, 0.3) is 0 Å². The number of nitrogens with two attached hydrogens (primary N) is 1. The zero-order chi connectivity index (χ0) is 26.4. The van der Waals surface area contributed by atoms with E-state index in [0.29, 0.717) is 6.42 Å². The number of nitrogens with zero attached hydrogens (tertiary/aromatic N) is 6. The number of hydrogen-bond acceptors (Lipinski definition) is 12. The SMILES string of the molecule is CN(C)C=Nc1ccn([C@@H]2O[C@H](CO)[C@@H](O)[C@H]2O)c(=O)n1.Nc1ccn([C@H]2CC[C@@H](CO)O2)c(=O)n1. The molecule has 2 aliphatic rings. The number of rotatable bonds is 6. The van der Waals surface area contributed by atoms with Crippen LogP contribution in [0.25, 0.3) is 0 Å². The van der Waals surface area contributed by atoms with Crippen molar-refractivity contribution in [3.05, 3.63) is 45.5 Å². The van der Waals surface area contributed by atoms with Gasteiger partial charge in [0.1, 0.15) is 30.4 Å². The van der Waals surface area contributed by atoms with Crippen LogP contribution in [0, 0.1) is 0 Å². The average molecular weight is 510 g/mol. The number of aliphatic imine (C=N–C) groups is 1. The summed E-state index contributed by atoms with van der Waals surface area (Å²) in [5.74, 6) is 0.421. The van der Waals surface area contributed by atoms with Crippen LogP contribution < -0.4 is 17.1 Å². The van der Waals surface area contributed by atoms with Crippen LogP contribution in [-0.4, -0.2) is 102 Å². The molecular weight excluding hydrogens is 478 g/mol. The van der Waals surface area contributed by atoms with Crippen LogP contribution in [0.4, 0.5) is 11.6 Å². The predicted molar refractivity (Wildman–Crippen MR) is 126 cm³/mol. The van der Waals surface area contributed by atoms with Gasteiger partial charge in [-0.25, -0.2) is 14.6 Å². The van der Waals surface area contributed by atoms with E-state index in [1.165, 1.54) is 23.2 Å². The highest BCUT2D eigenvalue weighted by atomic mass is 16.6. The molecule has 2 aliphatic heterocycles. The fraction of sp³-hybridized carbons (Fsp3) is 0.571. The predicted octanol–water partition coefficient (Wildman–Crippen LogP) is -2.43. The Labute approximate surface area is 205 Å². The highest BCUT2D eigenvalue weighted by Gasteiger charge is 2.43. The smallest absolute Gasteiger partial charge is 0.351 e. The first-order valence-corrected chi connectivity index (χ1v) is 11.2. The van der Waals surface area contributed by atoms with E-state index in [4.69, 9.17) is 25.4 Å². The van der Waals surface area contributed by atoms with Gasteiger partial charge in [0.15, 0.2) is 12.0 Å². The average Bonchev–Trinajstić information content (AvgIpc) is 3.43. The van der Waals surface area contributed by atoms with E-state index in [1.807, 2.05) is 0 Å². The van der Waals surface area contributed by atoms with E-state index in [0.717, 1.165) is 11.0 Å². The second kappa shape index (κ2) is 12.2. The van der Waals surface area contributed by atoms with Gasteiger partial charge in [-0.3, -0.25) is 9.13 Å². The first-order valence-electron chi connectivity index (χ1n) is 11.2. The lowest BCUT2D eigenvalue weighted by Gasteiger charge is -2.16. The molecule has 15 nitrogen and oxygen atoms in total. The Bertz CT molecular complexity index is 1150. The van der Waals surface area contributed by atoms with Gasteiger partial charge in [-0.15, -0.1) is 0 Å². The third-order valence-electron chi connectivity index (χ3n) is 5.48. The lowest BCUT2D eigenvalue weighted by Crippen LogP contribution is -2.35. The number of aromatic nitrogens is 4. The minimum Gasteiger partial charge on any atom is -0.394 e. The maximum Gasteiger partial charge on any atom is 0.351 e. The van der Waals surface area contributed by atoms with Crippen molar-refractivity contribution in [1.82, 2.24) is 24.0 Å². The topological polar surface area (TPSA) is 211 Å². The van der Waals surface area contributed by atoms with Gasteiger partial charge in [-0.1, -0.05) is 0 Å². The van der Waals surface area contributed by atoms with Gasteiger partial charge in [-0.05, 0) is 25.0 Å². The van der Waals surface area contributed by atoms with Crippen molar-refractivity contribution in [3.63, 3.8) is 0 Å². The number of aliphatic hydroxyl groups is 4. The number of nitrogen functional groups attached to an aromatic ring is 1. The molecule has 6 N–H and O–H groups in total. The highest BCUT2D eigenvalue weighted by Crippen LogP contribution is 2.28. The van der Waals surface area contributed by atoms with Gasteiger partial charge < -0.3 is 40.5 Å². The molecule has 0 unspecified atom stereocenters. The molecular formula is C21H31N7O8. The second-order valence-corrected chi connectivity index (χ2v) is 8.43. The normalized spacial score (nSPS) is 27.7. The molecule has 6 atom stereocenters. The fourth-order valence-corrected chi connectivity index (χ4v) is 3.62. The summed E-state index contributed by atoms with van der Waals surface area (Å²) in [5.41, 5.74) is 4.29. The van der Waals surface area contributed by atoms with Crippen molar-refractivity contribution in [2.75, 3.05) is 33.0 Å². The quantitative estimate of drug-likeness (QED) is 0.203. The van der Waals surface area contributed by atoms with Crippen LogP contribution >= 0.6 is 0 Å². The van der Waals surface area contributed by atoms with Crippen LogP contribution in [0.2, 0.25) is 0 Å². The molecule has 2 aromatic heterocycles. The number of ether oxygens (including phenoxy) is 2. The first-order chi connectivity index (χ1) is 17.1. The van der Waals surface area contributed by atoms with Crippen LogP contribution in [0.5, 0.6) is 0 Å². The molecule has 0 spiro atoms. The highest BCUT2D eigenvalue weighted by molar-refractivity contribution is 5.58. The van der Waals surface area contributed by atoms with E-state index in [2.05, 4.69) is 15.0 Å². The van der Waals surface area contributed by atoms with Crippen LogP contribution in [0.3, 0.4) is 0 Å². The summed E-state index contributed by atoms with van der Waals surface area (Å²) in [6.45, 7) is -0.476. The van der Waals surface area contributed by atoms with Crippen molar-refractivity contribution < 1.29 is 29.9 Å². The van der Waals surface area contributed by atoms with Gasteiger partial charge >= 0.3 is 11.4 Å².